The van der Waals surface area contributed by atoms with Crippen LogP contribution in [0.25, 0.3) is 0 Å². The molecule has 0 aliphatic heterocycles. The zero-order valence-electron chi connectivity index (χ0n) is 56.1. The number of hydrogen-bond acceptors (Lipinski definition) is 12. The van der Waals surface area contributed by atoms with Gasteiger partial charge in [0, 0.05) is 13.4 Å². The Kier molecular flexibility index (Phi) is 21.7. The van der Waals surface area contributed by atoms with Gasteiger partial charge in [0.05, 0.1) is 35.0 Å². The molecule has 0 spiro atoms. The lowest BCUT2D eigenvalue weighted by Gasteiger charge is -2.56. The lowest BCUT2D eigenvalue weighted by Crippen LogP contribution is -2.56. The van der Waals surface area contributed by atoms with Gasteiger partial charge in [-0.25, -0.2) is 0 Å². The van der Waals surface area contributed by atoms with Gasteiger partial charge >= 0.3 is 35.8 Å². The maximum absolute atomic E-state index is 13.4. The van der Waals surface area contributed by atoms with Crippen molar-refractivity contribution < 1.29 is 57.2 Å². The van der Waals surface area contributed by atoms with Crippen molar-refractivity contribution in [3.8, 4) is 0 Å². The number of aryl methyl sites for hydroxylation is 1. The van der Waals surface area contributed by atoms with Gasteiger partial charge in [-0.2, -0.15) is 0 Å². The highest BCUT2D eigenvalue weighted by molar-refractivity contribution is 9.11. The zero-order chi connectivity index (χ0) is 65.8. The van der Waals surface area contributed by atoms with Crippen LogP contribution in [0.2, 0.25) is 0 Å². The number of benzene rings is 3. The maximum Gasteiger partial charge on any atom is 0.311 e. The summed E-state index contributed by atoms with van der Waals surface area (Å²) < 4.78 is 39.1. The second kappa shape index (κ2) is 28.3. The fraction of sp³-hybridized carbons (Fsp3) is 0.684. The number of rotatable bonds is 18. The van der Waals surface area contributed by atoms with Gasteiger partial charge in [-0.15, -0.1) is 0 Å². The summed E-state index contributed by atoms with van der Waals surface area (Å²) in [5.74, 6) is 4.15. The Morgan fingerprint density at radius 1 is 0.440 bits per heavy atom. The van der Waals surface area contributed by atoms with Gasteiger partial charge in [-0.05, 0) is 270 Å². The normalized spacial score (nSPS) is 33.0. The van der Waals surface area contributed by atoms with Gasteiger partial charge in [0.15, 0.2) is 0 Å². The van der Waals surface area contributed by atoms with Crippen LogP contribution in [0.3, 0.4) is 0 Å². The van der Waals surface area contributed by atoms with Crippen molar-refractivity contribution in [3.05, 3.63) is 102 Å². The van der Waals surface area contributed by atoms with E-state index in [1.165, 1.54) is 5.56 Å². The lowest BCUT2D eigenvalue weighted by atomic mass is 9.50. The van der Waals surface area contributed by atoms with Gasteiger partial charge in [-0.1, -0.05) is 124 Å². The molecular weight excluding hydrogens is 1340 g/mol. The Morgan fingerprint density at radius 3 is 1.13 bits per heavy atom. The highest BCUT2D eigenvalue weighted by atomic mass is 79.9. The molecule has 3 aromatic carbocycles. The zero-order valence-corrected chi connectivity index (χ0v) is 60.9. The number of ether oxygens (including phenoxy) is 6. The highest BCUT2D eigenvalue weighted by Crippen LogP contribution is 2.61. The summed E-state index contributed by atoms with van der Waals surface area (Å²) in [7, 11) is 0. The second-order valence-corrected chi connectivity index (χ2v) is 33.8. The minimum absolute atomic E-state index is 0.00607. The fourth-order valence-corrected chi connectivity index (χ4v) is 19.7. The second-order valence-electron chi connectivity index (χ2n) is 31.1. The average molecular weight is 1450 g/mol. The highest BCUT2D eigenvalue weighted by Gasteiger charge is 2.60. The first kappa shape index (κ1) is 69.7. The van der Waals surface area contributed by atoms with E-state index >= 15 is 0 Å². The fourth-order valence-electron chi connectivity index (χ4n) is 18.2. The van der Waals surface area contributed by atoms with Crippen LogP contribution in [0.5, 0.6) is 0 Å². The lowest BCUT2D eigenvalue weighted by molar-refractivity contribution is -0.198. The summed E-state index contributed by atoms with van der Waals surface area (Å²) in [5.41, 5.74) is 2.43. The third-order valence-corrected chi connectivity index (χ3v) is 25.2. The van der Waals surface area contributed by atoms with E-state index < -0.39 is 16.6 Å². The molecule has 0 aromatic heterocycles. The number of carbonyl (C=O) groups is 6. The van der Waals surface area contributed by atoms with Crippen LogP contribution in [-0.4, -0.2) is 54.1 Å². The third kappa shape index (κ3) is 15.3. The van der Waals surface area contributed by atoms with Gasteiger partial charge < -0.3 is 28.4 Å². The number of esters is 6. The molecule has 15 rings (SSSR count). The molecule has 12 saturated carbocycles. The molecule has 0 amide bonds. The Balaban J connectivity index is 0.000000150. The predicted octanol–water partition coefficient (Wildman–Crippen LogP) is 18.1. The molecule has 3 unspecified atom stereocenters. The molecular formula is C76H101Br3O12. The quantitative estimate of drug-likeness (QED) is 0.0878. The summed E-state index contributed by atoms with van der Waals surface area (Å²) in [6, 6.07) is 22.2. The topological polar surface area (TPSA) is 158 Å². The molecule has 12 nitrogen and oxygen atoms in total. The van der Waals surface area contributed by atoms with Crippen LogP contribution in [0.4, 0.5) is 0 Å². The van der Waals surface area contributed by atoms with E-state index in [9.17, 15) is 28.8 Å². The molecule has 498 valence electrons. The number of hydrogen-bond donors (Lipinski definition) is 0. The Labute approximate surface area is 567 Å². The van der Waals surface area contributed by atoms with E-state index in [1.807, 2.05) is 126 Å². The largest absolute Gasteiger partial charge is 0.462 e. The minimum Gasteiger partial charge on any atom is -0.462 e. The first-order valence-corrected chi connectivity index (χ1v) is 36.9. The predicted molar refractivity (Wildman–Crippen MR) is 360 cm³/mol. The first-order valence-electron chi connectivity index (χ1n) is 34.5. The molecule has 3 aromatic rings. The summed E-state index contributed by atoms with van der Waals surface area (Å²) >= 11 is 10.5. The number of carbonyl (C=O) groups excluding carboxylic acids is 6. The molecule has 91 heavy (non-hydrogen) atoms. The van der Waals surface area contributed by atoms with Crippen LogP contribution in [0.1, 0.15) is 208 Å². The molecule has 0 saturated heterocycles. The summed E-state index contributed by atoms with van der Waals surface area (Å²) in [6.45, 7) is 25.8. The molecule has 15 heteroatoms. The first-order chi connectivity index (χ1) is 43.0. The van der Waals surface area contributed by atoms with Crippen molar-refractivity contribution in [2.45, 2.75) is 222 Å². The number of halogens is 3. The molecule has 0 heterocycles. The third-order valence-electron chi connectivity index (χ3n) is 23.8. The monoisotopic (exact) mass is 1440 g/mol. The molecule has 12 aliphatic rings. The Hall–Kier alpha value is -4.08. The molecule has 12 fully saturated rings. The molecule has 3 atom stereocenters. The van der Waals surface area contributed by atoms with Crippen molar-refractivity contribution in [3.63, 3.8) is 0 Å². The van der Waals surface area contributed by atoms with Crippen LogP contribution < -0.4 is 0 Å². The van der Waals surface area contributed by atoms with E-state index in [-0.39, 0.29) is 89.8 Å². The van der Waals surface area contributed by atoms with Gasteiger partial charge in [0.1, 0.15) is 35.6 Å². The molecule has 0 N–H and O–H groups in total. The van der Waals surface area contributed by atoms with Crippen molar-refractivity contribution >= 4 is 83.6 Å². The van der Waals surface area contributed by atoms with Gasteiger partial charge in [0.2, 0.25) is 0 Å². The van der Waals surface area contributed by atoms with Crippen LogP contribution >= 0.6 is 47.8 Å². The average Bonchev–Trinajstić information content (AvgIpc) is 0.781. The molecule has 0 radical (unpaired) electrons. The summed E-state index contributed by atoms with van der Waals surface area (Å²) in [6.07, 6.45) is 14.0. The Bertz CT molecular complexity index is 3000. The van der Waals surface area contributed by atoms with Crippen LogP contribution in [0.15, 0.2) is 80.1 Å². The van der Waals surface area contributed by atoms with Crippen molar-refractivity contribution in [1.82, 2.24) is 0 Å². The van der Waals surface area contributed by atoms with Crippen LogP contribution in [0, 0.1) is 113 Å². The maximum atomic E-state index is 13.4. The standard InChI is InChI=1S/C26H34Br2O4.C26H36O4.C24H31BrO4/c1-6-25(2,3)24(30)31-22-16-7-14-8-17(22)10-15(9-16)21(14)23(29)32-26(4,5)18-11-19(27)13-20(28)12-18;1-6-16(3)24(27)29-23-19-11-17-12-20(23)14-18(13-19)22(17)25(28)30-26(4,5)21-9-7-15(2)8-10-21;1-4-13(2)23(26)29-22-18-9-16-10-19(22)12-17(11-18)21(16)24(27)28-14(3)15-5-7-20(25)8-6-15/h11-17,21-22H,6-10H2,1-5H3;7-10,16-20,22-23H,6,11-14H2,1-5H3;5-8,13-14,16-19,21-22H,4,9-12H2,1-3H3. The van der Waals surface area contributed by atoms with E-state index in [2.05, 4.69) is 79.0 Å². The summed E-state index contributed by atoms with van der Waals surface area (Å²) in [4.78, 5) is 77.1. The van der Waals surface area contributed by atoms with E-state index in [0.29, 0.717) is 71.0 Å². The van der Waals surface area contributed by atoms with E-state index in [0.717, 1.165) is 126 Å². The van der Waals surface area contributed by atoms with Crippen molar-refractivity contribution in [2.75, 3.05) is 0 Å². The molecule has 12 aliphatic carbocycles. The minimum atomic E-state index is -0.706. The molecule has 12 bridgehead atoms. The van der Waals surface area contributed by atoms with E-state index in [4.69, 9.17) is 28.4 Å². The van der Waals surface area contributed by atoms with Gasteiger partial charge in [-0.3, -0.25) is 28.8 Å². The SMILES string of the molecule is CCC(C)(C)C(=O)OC1C2CC3CC1CC(C2)C3C(=O)OC(C)(C)c1cc(Br)cc(Br)c1.CCC(C)C(=O)OC1C2CC3CC1CC(C2)C3C(=O)OC(C)(C)c1ccc(C)cc1.CCC(C)C(=O)OC1C2CC3CC1CC(C2)C3C(=O)OC(C)c1ccc(Br)cc1. The smallest absolute Gasteiger partial charge is 0.311 e. The Morgan fingerprint density at radius 2 is 0.780 bits per heavy atom. The summed E-state index contributed by atoms with van der Waals surface area (Å²) in [5, 5.41) is 0. The van der Waals surface area contributed by atoms with E-state index in [1.54, 1.807) is 0 Å². The van der Waals surface area contributed by atoms with Gasteiger partial charge in [0.25, 0.3) is 0 Å². The van der Waals surface area contributed by atoms with Crippen LogP contribution in [-0.2, 0) is 68.4 Å². The van der Waals surface area contributed by atoms with Crippen molar-refractivity contribution in [2.24, 2.45) is 106 Å². The van der Waals surface area contributed by atoms with Crippen molar-refractivity contribution in [1.29, 1.82) is 0 Å².